The summed E-state index contributed by atoms with van der Waals surface area (Å²) in [5, 5.41) is 3.02. The molecule has 0 aliphatic heterocycles. The van der Waals surface area contributed by atoms with Crippen molar-refractivity contribution >= 4 is 33.3 Å². The first-order valence-corrected chi connectivity index (χ1v) is 10.7. The van der Waals surface area contributed by atoms with E-state index in [4.69, 9.17) is 10.6 Å². The zero-order chi connectivity index (χ0) is 19.5. The van der Waals surface area contributed by atoms with Gasteiger partial charge in [-0.2, -0.15) is 0 Å². The Labute approximate surface area is 170 Å². The number of ether oxygens (including phenoxy) is 1. The van der Waals surface area contributed by atoms with E-state index in [1.807, 2.05) is 66.9 Å². The second-order valence-electron chi connectivity index (χ2n) is 6.28. The van der Waals surface area contributed by atoms with Crippen LogP contribution in [0.25, 0.3) is 21.3 Å². The maximum atomic E-state index is 12.9. The van der Waals surface area contributed by atoms with Gasteiger partial charge in [-0.3, -0.25) is 4.79 Å². The van der Waals surface area contributed by atoms with Crippen LogP contribution in [0.4, 0.5) is 0 Å². The van der Waals surface area contributed by atoms with Gasteiger partial charge in [0.2, 0.25) is 0 Å². The standard InChI is InChI=1S/C21H19N3O2S2/c1-14-6-5-9-16(12-14)26-10-11-27-21-23-19-18(20(25)24(21)22)17(13-28-19)15-7-3-2-4-8-15/h2-9,12-13H,10-11,22H2,1H3. The van der Waals surface area contributed by atoms with Gasteiger partial charge in [0.15, 0.2) is 5.16 Å². The molecule has 0 radical (unpaired) electrons. The highest BCUT2D eigenvalue weighted by Crippen LogP contribution is 2.31. The third-order valence-corrected chi connectivity index (χ3v) is 6.05. The normalized spacial score (nSPS) is 11.0. The van der Waals surface area contributed by atoms with E-state index in [0.717, 1.165) is 27.1 Å². The molecule has 2 heterocycles. The number of hydrogen-bond donors (Lipinski definition) is 1. The number of nitrogens with two attached hydrogens (primary N) is 1. The first-order valence-electron chi connectivity index (χ1n) is 8.80. The van der Waals surface area contributed by atoms with E-state index in [9.17, 15) is 4.79 Å². The SMILES string of the molecule is Cc1cccc(OCCSc2nc3scc(-c4ccccc4)c3c(=O)n2N)c1. The number of rotatable bonds is 6. The maximum absolute atomic E-state index is 12.9. The highest BCUT2D eigenvalue weighted by Gasteiger charge is 2.16. The van der Waals surface area contributed by atoms with E-state index in [1.54, 1.807) is 0 Å². The molecule has 142 valence electrons. The van der Waals surface area contributed by atoms with Crippen LogP contribution < -0.4 is 16.1 Å². The second kappa shape index (κ2) is 8.08. The number of fused-ring (bicyclic) bond motifs is 1. The quantitative estimate of drug-likeness (QED) is 0.222. The Morgan fingerprint density at radius 1 is 1.18 bits per heavy atom. The molecule has 4 rings (SSSR count). The number of thioether (sulfide) groups is 1. The summed E-state index contributed by atoms with van der Waals surface area (Å²) in [6.45, 7) is 2.53. The van der Waals surface area contributed by atoms with Crippen LogP contribution in [0.2, 0.25) is 0 Å². The average molecular weight is 410 g/mol. The van der Waals surface area contributed by atoms with Crippen LogP contribution in [0.1, 0.15) is 5.56 Å². The van der Waals surface area contributed by atoms with E-state index in [1.165, 1.54) is 23.1 Å². The minimum absolute atomic E-state index is 0.229. The number of hydrogen-bond acceptors (Lipinski definition) is 6. The molecule has 2 aromatic heterocycles. The lowest BCUT2D eigenvalue weighted by molar-refractivity contribution is 0.343. The number of aromatic nitrogens is 2. The third kappa shape index (κ3) is 3.76. The molecule has 0 saturated carbocycles. The fraction of sp³-hybridized carbons (Fsp3) is 0.143. The van der Waals surface area contributed by atoms with Crippen LogP contribution >= 0.6 is 23.1 Å². The third-order valence-electron chi connectivity index (χ3n) is 4.27. The van der Waals surface area contributed by atoms with Gasteiger partial charge in [0.05, 0.1) is 12.0 Å². The largest absolute Gasteiger partial charge is 0.493 e. The summed E-state index contributed by atoms with van der Waals surface area (Å²) in [6, 6.07) is 17.7. The van der Waals surface area contributed by atoms with Gasteiger partial charge in [-0.1, -0.05) is 54.2 Å². The molecule has 7 heteroatoms. The van der Waals surface area contributed by atoms with Crippen molar-refractivity contribution in [1.29, 1.82) is 0 Å². The van der Waals surface area contributed by atoms with E-state index in [0.29, 0.717) is 27.7 Å². The molecule has 0 atom stereocenters. The van der Waals surface area contributed by atoms with Crippen molar-refractivity contribution in [2.24, 2.45) is 0 Å². The van der Waals surface area contributed by atoms with Crippen LogP contribution in [0.3, 0.4) is 0 Å². The van der Waals surface area contributed by atoms with Crippen LogP contribution in [0.15, 0.2) is 69.9 Å². The Kier molecular flexibility index (Phi) is 5.36. The van der Waals surface area contributed by atoms with Gasteiger partial charge in [0.1, 0.15) is 10.6 Å². The predicted octanol–water partition coefficient (Wildman–Crippen LogP) is 4.32. The van der Waals surface area contributed by atoms with Crippen LogP contribution in [0.5, 0.6) is 5.75 Å². The van der Waals surface area contributed by atoms with Crippen molar-refractivity contribution in [1.82, 2.24) is 9.66 Å². The van der Waals surface area contributed by atoms with Crippen molar-refractivity contribution in [3.63, 3.8) is 0 Å². The van der Waals surface area contributed by atoms with Crippen LogP contribution in [-0.4, -0.2) is 22.0 Å². The van der Waals surface area contributed by atoms with Gasteiger partial charge in [-0.15, -0.1) is 11.3 Å². The average Bonchev–Trinajstić information content (AvgIpc) is 3.13. The molecule has 0 spiro atoms. The molecule has 0 fully saturated rings. The van der Waals surface area contributed by atoms with Crippen LogP contribution in [0, 0.1) is 6.92 Å². The topological polar surface area (TPSA) is 70.1 Å². The fourth-order valence-corrected chi connectivity index (χ4v) is 4.64. The van der Waals surface area contributed by atoms with E-state index < -0.39 is 0 Å². The van der Waals surface area contributed by atoms with Gasteiger partial charge in [-0.05, 0) is 30.2 Å². The molecule has 2 aromatic carbocycles. The number of aryl methyl sites for hydroxylation is 1. The minimum atomic E-state index is -0.229. The molecule has 0 aliphatic carbocycles. The molecular formula is C21H19N3O2S2. The maximum Gasteiger partial charge on any atom is 0.282 e. The van der Waals surface area contributed by atoms with Crippen molar-refractivity contribution in [2.45, 2.75) is 12.1 Å². The molecule has 0 unspecified atom stereocenters. The minimum Gasteiger partial charge on any atom is -0.493 e. The smallest absolute Gasteiger partial charge is 0.282 e. The highest BCUT2D eigenvalue weighted by molar-refractivity contribution is 7.99. The Balaban J connectivity index is 1.52. The zero-order valence-electron chi connectivity index (χ0n) is 15.3. The van der Waals surface area contributed by atoms with Crippen molar-refractivity contribution in [2.75, 3.05) is 18.2 Å². The van der Waals surface area contributed by atoms with E-state index in [-0.39, 0.29) is 5.56 Å². The van der Waals surface area contributed by atoms with Gasteiger partial charge < -0.3 is 10.6 Å². The summed E-state index contributed by atoms with van der Waals surface area (Å²) >= 11 is 2.87. The first-order chi connectivity index (χ1) is 13.6. The number of nitrogens with zero attached hydrogens (tertiary/aromatic N) is 2. The number of thiophene rings is 1. The predicted molar refractivity (Wildman–Crippen MR) is 117 cm³/mol. The molecule has 0 saturated heterocycles. The fourth-order valence-electron chi connectivity index (χ4n) is 2.91. The zero-order valence-corrected chi connectivity index (χ0v) is 16.9. The van der Waals surface area contributed by atoms with E-state index >= 15 is 0 Å². The van der Waals surface area contributed by atoms with Gasteiger partial charge in [-0.25, -0.2) is 9.66 Å². The summed E-state index contributed by atoms with van der Waals surface area (Å²) in [5.41, 5.74) is 2.78. The Morgan fingerprint density at radius 2 is 2.00 bits per heavy atom. The number of nitrogen functional groups attached to an aromatic ring is 1. The first kappa shape index (κ1) is 18.6. The highest BCUT2D eigenvalue weighted by atomic mass is 32.2. The molecule has 0 amide bonds. The molecular weight excluding hydrogens is 390 g/mol. The van der Waals surface area contributed by atoms with Gasteiger partial charge in [0.25, 0.3) is 5.56 Å². The molecule has 2 N–H and O–H groups in total. The lowest BCUT2D eigenvalue weighted by Crippen LogP contribution is -2.29. The van der Waals surface area contributed by atoms with Crippen molar-refractivity contribution in [3.05, 3.63) is 75.9 Å². The summed E-state index contributed by atoms with van der Waals surface area (Å²) in [4.78, 5) is 18.2. The van der Waals surface area contributed by atoms with Crippen molar-refractivity contribution < 1.29 is 4.74 Å². The lowest BCUT2D eigenvalue weighted by Gasteiger charge is -2.09. The monoisotopic (exact) mass is 409 g/mol. The van der Waals surface area contributed by atoms with Crippen LogP contribution in [-0.2, 0) is 0 Å². The number of benzene rings is 2. The van der Waals surface area contributed by atoms with Crippen molar-refractivity contribution in [3.8, 4) is 16.9 Å². The molecule has 0 aliphatic rings. The summed E-state index contributed by atoms with van der Waals surface area (Å²) in [7, 11) is 0. The summed E-state index contributed by atoms with van der Waals surface area (Å²) in [6.07, 6.45) is 0. The molecule has 28 heavy (non-hydrogen) atoms. The summed E-state index contributed by atoms with van der Waals surface area (Å²) in [5.74, 6) is 7.52. The lowest BCUT2D eigenvalue weighted by atomic mass is 10.1. The Morgan fingerprint density at radius 3 is 2.79 bits per heavy atom. The molecule has 0 bridgehead atoms. The van der Waals surface area contributed by atoms with Gasteiger partial charge >= 0.3 is 0 Å². The Hall–Kier alpha value is -2.77. The molecule has 5 nitrogen and oxygen atoms in total. The van der Waals surface area contributed by atoms with E-state index in [2.05, 4.69) is 4.98 Å². The summed E-state index contributed by atoms with van der Waals surface area (Å²) < 4.78 is 6.89. The Bertz CT molecular complexity index is 1170. The molecule has 4 aromatic rings. The van der Waals surface area contributed by atoms with Gasteiger partial charge in [0, 0.05) is 16.7 Å². The second-order valence-corrected chi connectivity index (χ2v) is 8.20.